The monoisotopic (exact) mass is 347 g/mol. The fourth-order valence-corrected chi connectivity index (χ4v) is 3.91. The van der Waals surface area contributed by atoms with Crippen molar-refractivity contribution >= 4 is 40.0 Å². The third-order valence-electron chi connectivity index (χ3n) is 5.10. The molecule has 0 unspecified atom stereocenters. The standard InChI is InChI=1S/C24H16BO2/c26-25-27-18-12-13-20-16(14-18)7-5-11-22(20)24-15-17-6-1-2-8-19(17)21-9-3-4-10-23(21)24/h1-15,26H. The average molecular weight is 347 g/mol. The first-order valence-electron chi connectivity index (χ1n) is 8.91. The Kier molecular flexibility index (Phi) is 3.81. The van der Waals surface area contributed by atoms with Crippen molar-refractivity contribution in [2.75, 3.05) is 0 Å². The van der Waals surface area contributed by atoms with Crippen LogP contribution in [0.2, 0.25) is 0 Å². The summed E-state index contributed by atoms with van der Waals surface area (Å²) in [6, 6.07) is 31.5. The SMILES string of the molecule is O[B]Oc1ccc2c(-c3cc4ccccc4c4ccccc34)cccc2c1. The highest BCUT2D eigenvalue weighted by Crippen LogP contribution is 2.38. The molecule has 3 heteroatoms. The Balaban J connectivity index is 1.85. The van der Waals surface area contributed by atoms with Crippen LogP contribution < -0.4 is 4.65 Å². The van der Waals surface area contributed by atoms with Crippen molar-refractivity contribution in [1.82, 2.24) is 0 Å². The molecule has 0 saturated heterocycles. The number of benzene rings is 5. The van der Waals surface area contributed by atoms with Crippen LogP contribution in [0, 0.1) is 0 Å². The molecule has 2 nitrogen and oxygen atoms in total. The Labute approximate surface area is 157 Å². The molecule has 1 N–H and O–H groups in total. The van der Waals surface area contributed by atoms with Crippen LogP contribution in [0.15, 0.2) is 91.0 Å². The van der Waals surface area contributed by atoms with Crippen molar-refractivity contribution in [3.8, 4) is 16.9 Å². The van der Waals surface area contributed by atoms with Crippen LogP contribution in [0.4, 0.5) is 0 Å². The summed E-state index contributed by atoms with van der Waals surface area (Å²) >= 11 is 0. The Hall–Kier alpha value is -3.30. The van der Waals surface area contributed by atoms with Crippen LogP contribution in [-0.2, 0) is 0 Å². The molecule has 0 fully saturated rings. The van der Waals surface area contributed by atoms with Crippen LogP contribution in [0.5, 0.6) is 5.75 Å². The van der Waals surface area contributed by atoms with E-state index in [0.29, 0.717) is 13.4 Å². The highest BCUT2D eigenvalue weighted by atomic mass is 16.5. The zero-order chi connectivity index (χ0) is 18.2. The second-order valence-electron chi connectivity index (χ2n) is 6.60. The van der Waals surface area contributed by atoms with E-state index in [1.165, 1.54) is 32.7 Å². The molecule has 0 aliphatic heterocycles. The normalized spacial score (nSPS) is 11.1. The van der Waals surface area contributed by atoms with Crippen LogP contribution in [0.1, 0.15) is 0 Å². The van der Waals surface area contributed by atoms with Gasteiger partial charge in [-0.05, 0) is 61.6 Å². The van der Waals surface area contributed by atoms with Gasteiger partial charge < -0.3 is 9.68 Å². The third-order valence-corrected chi connectivity index (χ3v) is 5.10. The summed E-state index contributed by atoms with van der Waals surface area (Å²) in [6.07, 6.45) is 0. The highest BCUT2D eigenvalue weighted by Gasteiger charge is 2.11. The molecule has 0 aromatic heterocycles. The van der Waals surface area contributed by atoms with Gasteiger partial charge in [0.05, 0.1) is 0 Å². The highest BCUT2D eigenvalue weighted by molar-refractivity contribution is 6.18. The zero-order valence-corrected chi connectivity index (χ0v) is 14.6. The lowest BCUT2D eigenvalue weighted by Crippen LogP contribution is -1.99. The maximum atomic E-state index is 8.90. The summed E-state index contributed by atoms with van der Waals surface area (Å²) in [5, 5.41) is 16.1. The molecular weight excluding hydrogens is 331 g/mol. The summed E-state index contributed by atoms with van der Waals surface area (Å²) in [7, 11) is 0.710. The Morgan fingerprint density at radius 1 is 0.556 bits per heavy atom. The predicted molar refractivity (Wildman–Crippen MR) is 113 cm³/mol. The lowest BCUT2D eigenvalue weighted by Gasteiger charge is -2.14. The van der Waals surface area contributed by atoms with Crippen LogP contribution in [-0.4, -0.2) is 12.7 Å². The molecule has 5 rings (SSSR count). The van der Waals surface area contributed by atoms with Crippen LogP contribution in [0.25, 0.3) is 43.4 Å². The molecule has 0 spiro atoms. The average Bonchev–Trinajstić information content (AvgIpc) is 2.73. The van der Waals surface area contributed by atoms with Crippen molar-refractivity contribution in [1.29, 1.82) is 0 Å². The Morgan fingerprint density at radius 3 is 2.11 bits per heavy atom. The van der Waals surface area contributed by atoms with Gasteiger partial charge in [0, 0.05) is 0 Å². The molecule has 1 radical (unpaired) electrons. The molecule has 0 aliphatic carbocycles. The van der Waals surface area contributed by atoms with Gasteiger partial charge in [-0.25, -0.2) is 0 Å². The van der Waals surface area contributed by atoms with E-state index in [1.54, 1.807) is 0 Å². The van der Waals surface area contributed by atoms with Gasteiger partial charge in [0.25, 0.3) is 0 Å². The third kappa shape index (κ3) is 2.64. The van der Waals surface area contributed by atoms with Gasteiger partial charge in [0.1, 0.15) is 5.75 Å². The van der Waals surface area contributed by atoms with E-state index >= 15 is 0 Å². The first-order chi connectivity index (χ1) is 13.3. The van der Waals surface area contributed by atoms with E-state index in [9.17, 15) is 0 Å². The number of fused-ring (bicyclic) bond motifs is 4. The minimum Gasteiger partial charge on any atom is -0.537 e. The molecule has 5 aromatic carbocycles. The summed E-state index contributed by atoms with van der Waals surface area (Å²) < 4.78 is 5.12. The van der Waals surface area contributed by atoms with Crippen molar-refractivity contribution in [2.45, 2.75) is 0 Å². The van der Waals surface area contributed by atoms with E-state index in [0.717, 1.165) is 10.8 Å². The fraction of sp³-hybridized carbons (Fsp3) is 0. The van der Waals surface area contributed by atoms with Crippen molar-refractivity contribution in [2.24, 2.45) is 0 Å². The van der Waals surface area contributed by atoms with E-state index in [1.807, 2.05) is 18.2 Å². The molecule has 27 heavy (non-hydrogen) atoms. The molecule has 0 amide bonds. The van der Waals surface area contributed by atoms with Gasteiger partial charge in [-0.2, -0.15) is 0 Å². The van der Waals surface area contributed by atoms with Gasteiger partial charge in [0.15, 0.2) is 0 Å². The molecule has 0 saturated carbocycles. The predicted octanol–water partition coefficient (Wildman–Crippen LogP) is 5.72. The summed E-state index contributed by atoms with van der Waals surface area (Å²) in [4.78, 5) is 0. The first kappa shape index (κ1) is 15.9. The summed E-state index contributed by atoms with van der Waals surface area (Å²) in [5.41, 5.74) is 2.41. The molecular formula is C24H16BO2. The minimum absolute atomic E-state index is 0.616. The number of hydrogen-bond donors (Lipinski definition) is 1. The molecule has 5 aromatic rings. The quantitative estimate of drug-likeness (QED) is 0.334. The van der Waals surface area contributed by atoms with Gasteiger partial charge in [-0.15, -0.1) is 0 Å². The minimum atomic E-state index is 0.616. The molecule has 0 atom stereocenters. The second kappa shape index (κ2) is 6.46. The first-order valence-corrected chi connectivity index (χ1v) is 8.91. The van der Waals surface area contributed by atoms with Crippen molar-refractivity contribution in [3.05, 3.63) is 91.0 Å². The number of rotatable bonds is 3. The van der Waals surface area contributed by atoms with Crippen LogP contribution in [0.3, 0.4) is 0 Å². The second-order valence-corrected chi connectivity index (χ2v) is 6.60. The summed E-state index contributed by atoms with van der Waals surface area (Å²) in [5.74, 6) is 0.616. The zero-order valence-electron chi connectivity index (χ0n) is 14.6. The Morgan fingerprint density at radius 2 is 1.26 bits per heavy atom. The van der Waals surface area contributed by atoms with E-state index in [2.05, 4.69) is 72.8 Å². The van der Waals surface area contributed by atoms with Crippen molar-refractivity contribution < 1.29 is 9.68 Å². The van der Waals surface area contributed by atoms with Gasteiger partial charge >= 0.3 is 7.69 Å². The summed E-state index contributed by atoms with van der Waals surface area (Å²) in [6.45, 7) is 0. The van der Waals surface area contributed by atoms with Gasteiger partial charge in [-0.3, -0.25) is 0 Å². The lowest BCUT2D eigenvalue weighted by molar-refractivity contribution is 0.454. The van der Waals surface area contributed by atoms with Crippen molar-refractivity contribution in [3.63, 3.8) is 0 Å². The number of hydrogen-bond acceptors (Lipinski definition) is 2. The molecule has 0 heterocycles. The molecule has 0 aliphatic rings. The lowest BCUT2D eigenvalue weighted by atomic mass is 9.91. The maximum absolute atomic E-state index is 8.90. The van der Waals surface area contributed by atoms with E-state index in [-0.39, 0.29) is 0 Å². The smallest absolute Gasteiger partial charge is 0.537 e. The fourth-order valence-electron chi connectivity index (χ4n) is 3.91. The maximum Gasteiger partial charge on any atom is 0.569 e. The molecule has 0 bridgehead atoms. The molecule has 127 valence electrons. The van der Waals surface area contributed by atoms with Crippen LogP contribution >= 0.6 is 0 Å². The van der Waals surface area contributed by atoms with Gasteiger partial charge in [0.2, 0.25) is 0 Å². The largest absolute Gasteiger partial charge is 0.569 e. The topological polar surface area (TPSA) is 29.5 Å². The Bertz CT molecular complexity index is 1290. The van der Waals surface area contributed by atoms with Gasteiger partial charge in [-0.1, -0.05) is 72.8 Å². The van der Waals surface area contributed by atoms with E-state index in [4.69, 9.17) is 9.68 Å². The van der Waals surface area contributed by atoms with E-state index < -0.39 is 0 Å².